The summed E-state index contributed by atoms with van der Waals surface area (Å²) in [5, 5.41) is 5.02. The van der Waals surface area contributed by atoms with Gasteiger partial charge in [-0.3, -0.25) is 0 Å². The van der Waals surface area contributed by atoms with E-state index < -0.39 is 8.07 Å². The molecule has 0 fully saturated rings. The molecule has 0 bridgehead atoms. The Balaban J connectivity index is 1.94. The summed E-state index contributed by atoms with van der Waals surface area (Å²) in [7, 11) is 0.664. The molecule has 0 atom stereocenters. The number of pyridine rings is 1. The molecule has 130 valence electrons. The SMILES string of the molecule is Cc1c2c(cc3occc13)Oc1cc([Si](C)(C)C)cc3cc[n+](C)c-2c13. The molecule has 3 nitrogen and oxygen atoms in total. The van der Waals surface area contributed by atoms with Crippen LogP contribution in [0.4, 0.5) is 0 Å². The number of ether oxygens (including phenoxy) is 1. The Morgan fingerprint density at radius 1 is 1.00 bits per heavy atom. The smallest absolute Gasteiger partial charge is 0.228 e. The van der Waals surface area contributed by atoms with Gasteiger partial charge in [-0.2, -0.15) is 0 Å². The molecule has 2 aromatic heterocycles. The molecular weight excluding hydrogens is 338 g/mol. The summed E-state index contributed by atoms with van der Waals surface area (Å²) in [6.45, 7) is 9.27. The fourth-order valence-electron chi connectivity index (χ4n) is 4.03. The molecule has 4 aromatic rings. The van der Waals surface area contributed by atoms with Gasteiger partial charge in [-0.15, -0.1) is 0 Å². The van der Waals surface area contributed by atoms with E-state index in [-0.39, 0.29) is 0 Å². The molecule has 0 radical (unpaired) electrons. The van der Waals surface area contributed by atoms with Crippen LogP contribution in [-0.2, 0) is 7.05 Å². The molecule has 0 amide bonds. The molecule has 0 spiro atoms. The first-order chi connectivity index (χ1) is 12.3. The molecule has 0 saturated heterocycles. The number of rotatable bonds is 1. The second-order valence-corrected chi connectivity index (χ2v) is 13.4. The van der Waals surface area contributed by atoms with Gasteiger partial charge in [0.05, 0.1) is 25.3 Å². The van der Waals surface area contributed by atoms with E-state index in [1.54, 1.807) is 6.26 Å². The molecule has 0 unspecified atom stereocenters. The number of hydrogen-bond acceptors (Lipinski definition) is 2. The number of furan rings is 1. The maximum absolute atomic E-state index is 6.45. The molecule has 2 aromatic carbocycles. The van der Waals surface area contributed by atoms with Crippen LogP contribution in [0, 0.1) is 6.92 Å². The molecular formula is C22H22NO2Si+. The fraction of sp³-hybridized carbons (Fsp3) is 0.227. The van der Waals surface area contributed by atoms with Crippen molar-refractivity contribution in [2.45, 2.75) is 26.6 Å². The lowest BCUT2D eigenvalue weighted by Gasteiger charge is -2.24. The van der Waals surface area contributed by atoms with Gasteiger partial charge in [0.25, 0.3) is 0 Å². The van der Waals surface area contributed by atoms with E-state index in [1.165, 1.54) is 32.8 Å². The molecule has 4 heteroatoms. The summed E-state index contributed by atoms with van der Waals surface area (Å²) >= 11 is 0. The Labute approximate surface area is 153 Å². The van der Waals surface area contributed by atoms with Gasteiger partial charge in [-0.1, -0.05) is 30.9 Å². The Hall–Kier alpha value is -2.59. The lowest BCUT2D eigenvalue weighted by atomic mass is 9.94. The zero-order valence-electron chi connectivity index (χ0n) is 15.8. The van der Waals surface area contributed by atoms with E-state index in [1.807, 2.05) is 12.1 Å². The van der Waals surface area contributed by atoms with Crippen LogP contribution >= 0.6 is 0 Å². The maximum atomic E-state index is 6.45. The van der Waals surface area contributed by atoms with Crippen molar-refractivity contribution in [2.75, 3.05) is 0 Å². The predicted octanol–water partition coefficient (Wildman–Crippen LogP) is 5.04. The summed E-state index contributed by atoms with van der Waals surface area (Å²) in [5.74, 6) is 1.84. The van der Waals surface area contributed by atoms with Crippen LogP contribution in [0.15, 0.2) is 47.2 Å². The average Bonchev–Trinajstić information content (AvgIpc) is 3.05. The van der Waals surface area contributed by atoms with Crippen LogP contribution in [0.2, 0.25) is 19.6 Å². The normalized spacial score (nSPS) is 13.1. The van der Waals surface area contributed by atoms with Crippen molar-refractivity contribution < 1.29 is 13.7 Å². The van der Waals surface area contributed by atoms with E-state index in [0.717, 1.165) is 22.5 Å². The summed E-state index contributed by atoms with van der Waals surface area (Å²) in [6.07, 6.45) is 3.91. The molecule has 0 N–H and O–H groups in total. The molecule has 0 aliphatic carbocycles. The third kappa shape index (κ3) is 2.02. The number of benzene rings is 2. The average molecular weight is 361 g/mol. The van der Waals surface area contributed by atoms with E-state index in [4.69, 9.17) is 9.15 Å². The second-order valence-electron chi connectivity index (χ2n) is 8.27. The van der Waals surface area contributed by atoms with Gasteiger partial charge in [0.15, 0.2) is 6.20 Å². The minimum absolute atomic E-state index is 0.876. The van der Waals surface area contributed by atoms with Gasteiger partial charge in [-0.25, -0.2) is 4.57 Å². The van der Waals surface area contributed by atoms with E-state index in [9.17, 15) is 0 Å². The van der Waals surface area contributed by atoms with Crippen molar-refractivity contribution in [1.82, 2.24) is 0 Å². The first-order valence-corrected chi connectivity index (χ1v) is 12.5. The number of aromatic nitrogens is 1. The summed E-state index contributed by atoms with van der Waals surface area (Å²) < 4.78 is 14.3. The first-order valence-electron chi connectivity index (χ1n) is 9.00. The van der Waals surface area contributed by atoms with Crippen LogP contribution < -0.4 is 14.5 Å². The number of aryl methyl sites for hydroxylation is 2. The quantitative estimate of drug-likeness (QED) is 0.309. The van der Waals surface area contributed by atoms with Crippen LogP contribution in [-0.4, -0.2) is 8.07 Å². The van der Waals surface area contributed by atoms with Crippen LogP contribution in [0.5, 0.6) is 11.5 Å². The van der Waals surface area contributed by atoms with E-state index in [0.29, 0.717) is 0 Å². The topological polar surface area (TPSA) is 26.2 Å². The molecule has 1 aliphatic heterocycles. The van der Waals surface area contributed by atoms with Crippen molar-refractivity contribution in [3.05, 3.63) is 48.4 Å². The van der Waals surface area contributed by atoms with Crippen LogP contribution in [0.25, 0.3) is 33.0 Å². The Bertz CT molecular complexity index is 1210. The predicted molar refractivity (Wildman–Crippen MR) is 108 cm³/mol. The third-order valence-corrected chi connectivity index (χ3v) is 7.53. The van der Waals surface area contributed by atoms with E-state index >= 15 is 0 Å². The van der Waals surface area contributed by atoms with Gasteiger partial charge in [0.1, 0.15) is 24.1 Å². The number of hydrogen-bond donors (Lipinski definition) is 0. The van der Waals surface area contributed by atoms with Crippen molar-refractivity contribution in [2.24, 2.45) is 7.05 Å². The van der Waals surface area contributed by atoms with Crippen molar-refractivity contribution in [1.29, 1.82) is 0 Å². The summed E-state index contributed by atoms with van der Waals surface area (Å²) in [4.78, 5) is 0. The van der Waals surface area contributed by atoms with Gasteiger partial charge < -0.3 is 9.15 Å². The Kier molecular flexibility index (Phi) is 3.00. The minimum atomic E-state index is -1.45. The van der Waals surface area contributed by atoms with E-state index in [2.05, 4.69) is 62.6 Å². The highest BCUT2D eigenvalue weighted by molar-refractivity contribution is 6.88. The largest absolute Gasteiger partial charge is 0.464 e. The highest BCUT2D eigenvalue weighted by Gasteiger charge is 2.32. The maximum Gasteiger partial charge on any atom is 0.228 e. The molecule has 0 saturated carbocycles. The van der Waals surface area contributed by atoms with Crippen molar-refractivity contribution >= 4 is 35.0 Å². The Morgan fingerprint density at radius 2 is 1.81 bits per heavy atom. The standard InChI is InChI=1S/C22H22NO2Si/c1-13-16-7-9-24-17(16)12-19-20(13)22-21-14(6-8-23(22)2)10-15(26(3,4)5)11-18(21)25-19/h6-12H,1-5H3/q+1. The summed E-state index contributed by atoms with van der Waals surface area (Å²) in [6, 6.07) is 10.9. The second kappa shape index (κ2) is 4.98. The fourth-order valence-corrected chi connectivity index (χ4v) is 5.18. The lowest BCUT2D eigenvalue weighted by Crippen LogP contribution is -2.38. The van der Waals surface area contributed by atoms with Crippen LogP contribution in [0.1, 0.15) is 5.56 Å². The van der Waals surface area contributed by atoms with Gasteiger partial charge in [0, 0.05) is 17.5 Å². The van der Waals surface area contributed by atoms with Gasteiger partial charge >= 0.3 is 0 Å². The number of nitrogens with zero attached hydrogens (tertiary/aromatic N) is 1. The first kappa shape index (κ1) is 15.6. The van der Waals surface area contributed by atoms with Crippen molar-refractivity contribution in [3.63, 3.8) is 0 Å². The summed E-state index contributed by atoms with van der Waals surface area (Å²) in [5.41, 5.74) is 4.47. The molecule has 1 aliphatic rings. The highest BCUT2D eigenvalue weighted by atomic mass is 28.3. The van der Waals surface area contributed by atoms with Gasteiger partial charge in [-0.05, 0) is 30.0 Å². The highest BCUT2D eigenvalue weighted by Crippen LogP contribution is 2.48. The van der Waals surface area contributed by atoms with Gasteiger partial charge in [0.2, 0.25) is 5.69 Å². The zero-order valence-corrected chi connectivity index (χ0v) is 16.8. The number of fused-ring (bicyclic) bond motifs is 3. The lowest BCUT2D eigenvalue weighted by molar-refractivity contribution is -0.659. The Morgan fingerprint density at radius 3 is 2.58 bits per heavy atom. The minimum Gasteiger partial charge on any atom is -0.464 e. The molecule has 3 heterocycles. The van der Waals surface area contributed by atoms with Crippen molar-refractivity contribution in [3.8, 4) is 22.8 Å². The monoisotopic (exact) mass is 360 g/mol. The van der Waals surface area contributed by atoms with Crippen LogP contribution in [0.3, 0.4) is 0 Å². The molecule has 5 rings (SSSR count). The third-order valence-electron chi connectivity index (χ3n) is 5.51. The zero-order chi connectivity index (χ0) is 18.2. The molecule has 26 heavy (non-hydrogen) atoms.